The van der Waals surface area contributed by atoms with Crippen molar-refractivity contribution in [2.75, 3.05) is 26.2 Å². The fraction of sp³-hybridized carbons (Fsp3) is 0.467. The van der Waals surface area contributed by atoms with Gasteiger partial charge in [-0.2, -0.15) is 4.31 Å². The van der Waals surface area contributed by atoms with Crippen molar-refractivity contribution in [2.24, 2.45) is 0 Å². The third-order valence-corrected chi connectivity index (χ3v) is 5.16. The number of hydrogen-bond donors (Lipinski definition) is 0. The second kappa shape index (κ2) is 6.52. The molecule has 1 aliphatic heterocycles. The molecule has 5 heteroatoms. The highest BCUT2D eigenvalue weighted by Crippen LogP contribution is 2.12. The second-order valence-electron chi connectivity index (χ2n) is 5.29. The van der Waals surface area contributed by atoms with E-state index in [0.29, 0.717) is 19.1 Å². The van der Waals surface area contributed by atoms with Crippen LogP contribution in [0.2, 0.25) is 0 Å². The second-order valence-corrected chi connectivity index (χ2v) is 7.11. The lowest BCUT2D eigenvalue weighted by atomic mass is 10.2. The number of rotatable bonds is 4. The molecule has 0 bridgehead atoms. The standard InChI is InChI=1S/C15H22N2O2S/c1-14(2)16-9-11-17(12-10-16)20(18,19)13-8-15-6-4-3-5-7-15/h3-8,13-14H,9-12H2,1-2H3/b13-8+. The molecule has 1 saturated heterocycles. The molecule has 110 valence electrons. The Labute approximate surface area is 121 Å². The van der Waals surface area contributed by atoms with Gasteiger partial charge in [0.25, 0.3) is 0 Å². The lowest BCUT2D eigenvalue weighted by Gasteiger charge is -2.35. The summed E-state index contributed by atoms with van der Waals surface area (Å²) in [5.41, 5.74) is 0.900. The van der Waals surface area contributed by atoms with Crippen molar-refractivity contribution >= 4 is 16.1 Å². The maximum absolute atomic E-state index is 12.3. The predicted molar refractivity (Wildman–Crippen MR) is 82.7 cm³/mol. The van der Waals surface area contributed by atoms with E-state index in [1.54, 1.807) is 10.4 Å². The van der Waals surface area contributed by atoms with Gasteiger partial charge in [0.1, 0.15) is 0 Å². The molecule has 1 aromatic carbocycles. The largest absolute Gasteiger partial charge is 0.298 e. The molecule has 4 nitrogen and oxygen atoms in total. The Bertz CT molecular complexity index is 544. The van der Waals surface area contributed by atoms with Gasteiger partial charge in [0.15, 0.2) is 0 Å². The molecule has 0 aliphatic carbocycles. The van der Waals surface area contributed by atoms with Gasteiger partial charge < -0.3 is 0 Å². The molecule has 1 heterocycles. The lowest BCUT2D eigenvalue weighted by molar-refractivity contribution is 0.155. The van der Waals surface area contributed by atoms with Gasteiger partial charge in [0.05, 0.1) is 0 Å². The highest BCUT2D eigenvalue weighted by molar-refractivity contribution is 7.92. The Morgan fingerprint density at radius 3 is 2.20 bits per heavy atom. The van der Waals surface area contributed by atoms with E-state index in [-0.39, 0.29) is 0 Å². The van der Waals surface area contributed by atoms with Crippen LogP contribution in [0.3, 0.4) is 0 Å². The van der Waals surface area contributed by atoms with Crippen LogP contribution in [0.1, 0.15) is 19.4 Å². The molecule has 20 heavy (non-hydrogen) atoms. The molecule has 0 unspecified atom stereocenters. The van der Waals surface area contributed by atoms with Gasteiger partial charge in [-0.05, 0) is 25.5 Å². The molecule has 0 N–H and O–H groups in total. The van der Waals surface area contributed by atoms with E-state index < -0.39 is 10.0 Å². The fourth-order valence-corrected chi connectivity index (χ4v) is 3.46. The van der Waals surface area contributed by atoms with Crippen molar-refractivity contribution in [3.05, 3.63) is 41.3 Å². The van der Waals surface area contributed by atoms with Gasteiger partial charge in [-0.3, -0.25) is 4.90 Å². The molecule has 0 radical (unpaired) electrons. The zero-order valence-electron chi connectivity index (χ0n) is 12.1. The van der Waals surface area contributed by atoms with Crippen LogP contribution in [0.5, 0.6) is 0 Å². The highest BCUT2D eigenvalue weighted by atomic mass is 32.2. The summed E-state index contributed by atoms with van der Waals surface area (Å²) in [6, 6.07) is 9.96. The summed E-state index contributed by atoms with van der Waals surface area (Å²) in [5, 5.41) is 1.31. The van der Waals surface area contributed by atoms with Crippen LogP contribution in [-0.2, 0) is 10.0 Å². The van der Waals surface area contributed by atoms with E-state index in [1.807, 2.05) is 30.3 Å². The zero-order valence-corrected chi connectivity index (χ0v) is 12.9. The summed E-state index contributed by atoms with van der Waals surface area (Å²) in [6.45, 7) is 7.02. The topological polar surface area (TPSA) is 40.6 Å². The van der Waals surface area contributed by atoms with E-state index >= 15 is 0 Å². The summed E-state index contributed by atoms with van der Waals surface area (Å²) in [5.74, 6) is 0. The van der Waals surface area contributed by atoms with Crippen molar-refractivity contribution in [1.29, 1.82) is 0 Å². The normalized spacial score (nSPS) is 18.9. The van der Waals surface area contributed by atoms with Crippen LogP contribution in [0.4, 0.5) is 0 Å². The predicted octanol–water partition coefficient (Wildman–Crippen LogP) is 2.01. The highest BCUT2D eigenvalue weighted by Gasteiger charge is 2.25. The van der Waals surface area contributed by atoms with E-state index in [1.165, 1.54) is 5.41 Å². The van der Waals surface area contributed by atoms with E-state index in [4.69, 9.17) is 0 Å². The van der Waals surface area contributed by atoms with Gasteiger partial charge in [-0.15, -0.1) is 0 Å². The van der Waals surface area contributed by atoms with Gasteiger partial charge in [-0.1, -0.05) is 30.3 Å². The first-order chi connectivity index (χ1) is 9.49. The van der Waals surface area contributed by atoms with Crippen molar-refractivity contribution in [3.63, 3.8) is 0 Å². The van der Waals surface area contributed by atoms with Crippen LogP contribution >= 0.6 is 0 Å². The fourth-order valence-electron chi connectivity index (χ4n) is 2.29. The zero-order chi connectivity index (χ0) is 14.6. The quantitative estimate of drug-likeness (QED) is 0.853. The van der Waals surface area contributed by atoms with Crippen molar-refractivity contribution in [3.8, 4) is 0 Å². The Hall–Kier alpha value is -1.17. The van der Waals surface area contributed by atoms with Crippen molar-refractivity contribution in [1.82, 2.24) is 9.21 Å². The van der Waals surface area contributed by atoms with Gasteiger partial charge in [-0.25, -0.2) is 8.42 Å². The first-order valence-electron chi connectivity index (χ1n) is 6.96. The van der Waals surface area contributed by atoms with Gasteiger partial charge >= 0.3 is 0 Å². The molecule has 0 atom stereocenters. The maximum Gasteiger partial charge on any atom is 0.236 e. The molecule has 1 aromatic rings. The van der Waals surface area contributed by atoms with Crippen molar-refractivity contribution < 1.29 is 8.42 Å². The van der Waals surface area contributed by atoms with Crippen LogP contribution in [-0.4, -0.2) is 49.8 Å². The molecular weight excluding hydrogens is 272 g/mol. The molecule has 0 spiro atoms. The minimum absolute atomic E-state index is 0.472. The first-order valence-corrected chi connectivity index (χ1v) is 8.47. The smallest absolute Gasteiger partial charge is 0.236 e. The van der Waals surface area contributed by atoms with E-state index in [9.17, 15) is 8.42 Å². The number of nitrogens with zero attached hydrogens (tertiary/aromatic N) is 2. The average Bonchev–Trinajstić information content (AvgIpc) is 2.46. The Balaban J connectivity index is 2.00. The SMILES string of the molecule is CC(C)N1CCN(S(=O)(=O)/C=C/c2ccccc2)CC1. The third kappa shape index (κ3) is 3.91. The summed E-state index contributed by atoms with van der Waals surface area (Å²) in [4.78, 5) is 2.30. The minimum Gasteiger partial charge on any atom is -0.298 e. The van der Waals surface area contributed by atoms with Crippen molar-refractivity contribution in [2.45, 2.75) is 19.9 Å². The van der Waals surface area contributed by atoms with Gasteiger partial charge in [0.2, 0.25) is 10.0 Å². The average molecular weight is 294 g/mol. The molecule has 1 aliphatic rings. The molecule has 1 fully saturated rings. The summed E-state index contributed by atoms with van der Waals surface area (Å²) in [7, 11) is -3.30. The first kappa shape index (κ1) is 15.2. The summed E-state index contributed by atoms with van der Waals surface area (Å²) in [6.07, 6.45) is 1.66. The Morgan fingerprint density at radius 2 is 1.65 bits per heavy atom. The van der Waals surface area contributed by atoms with E-state index in [2.05, 4.69) is 18.7 Å². The molecule has 0 aromatic heterocycles. The number of hydrogen-bond acceptors (Lipinski definition) is 3. The minimum atomic E-state index is -3.30. The molecular formula is C15H22N2O2S. The van der Waals surface area contributed by atoms with Crippen LogP contribution in [0.25, 0.3) is 6.08 Å². The summed E-state index contributed by atoms with van der Waals surface area (Å²) < 4.78 is 26.1. The van der Waals surface area contributed by atoms with Crippen LogP contribution in [0.15, 0.2) is 35.7 Å². The van der Waals surface area contributed by atoms with Gasteiger partial charge in [0, 0.05) is 37.6 Å². The monoisotopic (exact) mass is 294 g/mol. The molecule has 0 amide bonds. The molecule has 0 saturated carbocycles. The molecule has 2 rings (SSSR count). The number of benzene rings is 1. The number of sulfonamides is 1. The Morgan fingerprint density at radius 1 is 1.05 bits per heavy atom. The summed E-state index contributed by atoms with van der Waals surface area (Å²) >= 11 is 0. The number of piperazine rings is 1. The van der Waals surface area contributed by atoms with Crippen LogP contribution < -0.4 is 0 Å². The Kier molecular flexibility index (Phi) is 4.96. The third-order valence-electron chi connectivity index (χ3n) is 3.60. The maximum atomic E-state index is 12.3. The van der Waals surface area contributed by atoms with E-state index in [0.717, 1.165) is 18.7 Å². The lowest BCUT2D eigenvalue weighted by Crippen LogP contribution is -2.50. The van der Waals surface area contributed by atoms with Crippen LogP contribution in [0, 0.1) is 0 Å².